The molecule has 0 unspecified atom stereocenters. The minimum Gasteiger partial charge on any atom is -0.367 e. The topological polar surface area (TPSA) is 30.5 Å². The molecule has 1 rings (SSSR count). The van der Waals surface area contributed by atoms with Crippen molar-refractivity contribution in [2.24, 2.45) is 0 Å². The molecule has 0 saturated carbocycles. The second-order valence-electron chi connectivity index (χ2n) is 7.40. The van der Waals surface area contributed by atoms with Crippen molar-refractivity contribution in [3.8, 4) is 0 Å². The van der Waals surface area contributed by atoms with Gasteiger partial charge in [-0.15, -0.1) is 0 Å². The summed E-state index contributed by atoms with van der Waals surface area (Å²) in [7, 11) is 0. The van der Waals surface area contributed by atoms with Crippen LogP contribution in [0.15, 0.2) is 23.0 Å². The van der Waals surface area contributed by atoms with Crippen LogP contribution in [0, 0.1) is 0 Å². The average molecular weight is 309 g/mol. The van der Waals surface area contributed by atoms with Crippen LogP contribution in [-0.2, 0) is 0 Å². The van der Waals surface area contributed by atoms with Gasteiger partial charge in [0.05, 0.1) is 0 Å². The summed E-state index contributed by atoms with van der Waals surface area (Å²) in [5.41, 5.74) is 2.68. The molecule has 1 aliphatic rings. The highest BCUT2D eigenvalue weighted by Gasteiger charge is 2.35. The Morgan fingerprint density at radius 3 is 1.23 bits per heavy atom. The van der Waals surface area contributed by atoms with Crippen LogP contribution in [0.2, 0.25) is 0 Å². The van der Waals surface area contributed by atoms with Crippen molar-refractivity contribution in [1.82, 2.24) is 20.4 Å². The largest absolute Gasteiger partial charge is 0.367 e. The van der Waals surface area contributed by atoms with E-state index in [1.54, 1.807) is 0 Å². The van der Waals surface area contributed by atoms with Crippen LogP contribution < -0.4 is 10.6 Å². The standard InChI is InChI=1S/C18H36N4/c1-11(2)19-17(20-12(3)4)18-21(13(5)6)15(9)16(10)22(18)14(7)8/h11-14,19-20H,1-10H3. The maximum absolute atomic E-state index is 3.62. The highest BCUT2D eigenvalue weighted by atomic mass is 15.4. The Morgan fingerprint density at radius 2 is 1.00 bits per heavy atom. The minimum absolute atomic E-state index is 0.387. The van der Waals surface area contributed by atoms with Crippen LogP contribution >= 0.6 is 0 Å². The average Bonchev–Trinajstić information content (AvgIpc) is 2.60. The zero-order chi connectivity index (χ0) is 17.2. The van der Waals surface area contributed by atoms with Crippen molar-refractivity contribution in [3.63, 3.8) is 0 Å². The first kappa shape index (κ1) is 18.7. The van der Waals surface area contributed by atoms with E-state index in [1.165, 1.54) is 17.2 Å². The smallest absolute Gasteiger partial charge is 0.154 e. The van der Waals surface area contributed by atoms with Gasteiger partial charge in [0.2, 0.25) is 0 Å². The summed E-state index contributed by atoms with van der Waals surface area (Å²) in [6.45, 7) is 22.2. The van der Waals surface area contributed by atoms with Gasteiger partial charge in [-0.05, 0) is 69.2 Å². The van der Waals surface area contributed by atoms with Gasteiger partial charge in [-0.25, -0.2) is 0 Å². The quantitative estimate of drug-likeness (QED) is 0.781. The van der Waals surface area contributed by atoms with E-state index in [4.69, 9.17) is 0 Å². The zero-order valence-corrected chi connectivity index (χ0v) is 16.2. The molecule has 0 radical (unpaired) electrons. The van der Waals surface area contributed by atoms with E-state index >= 15 is 0 Å². The van der Waals surface area contributed by atoms with Gasteiger partial charge in [-0.2, -0.15) is 0 Å². The highest BCUT2D eigenvalue weighted by molar-refractivity contribution is 5.31. The first-order valence-electron chi connectivity index (χ1n) is 8.61. The Morgan fingerprint density at radius 1 is 0.682 bits per heavy atom. The molecule has 0 bridgehead atoms. The van der Waals surface area contributed by atoms with Crippen LogP contribution in [0.3, 0.4) is 0 Å². The number of hydrogen-bond acceptors (Lipinski definition) is 4. The number of hydrogen-bond donors (Lipinski definition) is 2. The molecule has 128 valence electrons. The van der Waals surface area contributed by atoms with E-state index in [0.29, 0.717) is 24.2 Å². The van der Waals surface area contributed by atoms with Crippen molar-refractivity contribution in [3.05, 3.63) is 23.0 Å². The maximum atomic E-state index is 3.62. The third-order valence-electron chi connectivity index (χ3n) is 3.83. The molecule has 0 spiro atoms. The van der Waals surface area contributed by atoms with E-state index in [0.717, 1.165) is 5.82 Å². The molecule has 1 heterocycles. The van der Waals surface area contributed by atoms with Crippen LogP contribution in [0.1, 0.15) is 69.2 Å². The van der Waals surface area contributed by atoms with Crippen LogP contribution in [0.5, 0.6) is 0 Å². The predicted molar refractivity (Wildman–Crippen MR) is 95.9 cm³/mol. The van der Waals surface area contributed by atoms with Crippen LogP contribution in [0.25, 0.3) is 0 Å². The molecule has 0 aliphatic carbocycles. The second kappa shape index (κ2) is 7.30. The lowest BCUT2D eigenvalue weighted by atomic mass is 10.2. The van der Waals surface area contributed by atoms with Gasteiger partial charge in [-0.3, -0.25) is 0 Å². The lowest BCUT2D eigenvalue weighted by Crippen LogP contribution is -2.43. The van der Waals surface area contributed by atoms with Crippen molar-refractivity contribution >= 4 is 0 Å². The summed E-state index contributed by atoms with van der Waals surface area (Å²) in [6.07, 6.45) is 0. The number of allylic oxidation sites excluding steroid dienone is 2. The predicted octanol–water partition coefficient (Wildman–Crippen LogP) is 3.79. The van der Waals surface area contributed by atoms with Crippen molar-refractivity contribution in [2.75, 3.05) is 0 Å². The fraction of sp³-hybridized carbons (Fsp3) is 0.778. The molecular weight excluding hydrogens is 272 g/mol. The van der Waals surface area contributed by atoms with E-state index < -0.39 is 0 Å². The second-order valence-corrected chi connectivity index (χ2v) is 7.40. The Balaban J connectivity index is 3.46. The molecule has 0 aromatic carbocycles. The van der Waals surface area contributed by atoms with E-state index in [2.05, 4.69) is 89.7 Å². The molecule has 4 heteroatoms. The highest BCUT2D eigenvalue weighted by Crippen LogP contribution is 2.36. The molecule has 0 aromatic heterocycles. The van der Waals surface area contributed by atoms with Crippen molar-refractivity contribution < 1.29 is 0 Å². The van der Waals surface area contributed by atoms with E-state index in [1.807, 2.05) is 0 Å². The number of nitrogens with one attached hydrogen (secondary N) is 2. The lowest BCUT2D eigenvalue weighted by molar-refractivity contribution is 0.254. The Hall–Kier alpha value is -1.32. The summed E-state index contributed by atoms with van der Waals surface area (Å²) in [4.78, 5) is 4.88. The molecule has 0 amide bonds. The minimum atomic E-state index is 0.387. The molecule has 1 aliphatic heterocycles. The summed E-state index contributed by atoms with van der Waals surface area (Å²) < 4.78 is 0. The molecule has 0 aromatic rings. The molecule has 4 nitrogen and oxygen atoms in total. The van der Waals surface area contributed by atoms with Gasteiger partial charge in [-0.1, -0.05) is 0 Å². The fourth-order valence-electron chi connectivity index (χ4n) is 3.04. The van der Waals surface area contributed by atoms with Crippen molar-refractivity contribution in [1.29, 1.82) is 0 Å². The van der Waals surface area contributed by atoms with Crippen LogP contribution in [-0.4, -0.2) is 34.0 Å². The summed E-state index contributed by atoms with van der Waals surface area (Å²) in [6, 6.07) is 1.62. The molecular formula is C18H36N4. The van der Waals surface area contributed by atoms with Gasteiger partial charge in [0.15, 0.2) is 5.82 Å². The monoisotopic (exact) mass is 308 g/mol. The first-order valence-corrected chi connectivity index (χ1v) is 8.61. The fourth-order valence-corrected chi connectivity index (χ4v) is 3.04. The van der Waals surface area contributed by atoms with Gasteiger partial charge < -0.3 is 20.4 Å². The van der Waals surface area contributed by atoms with Gasteiger partial charge in [0.25, 0.3) is 0 Å². The molecule has 2 N–H and O–H groups in total. The van der Waals surface area contributed by atoms with E-state index in [-0.39, 0.29) is 0 Å². The summed E-state index contributed by atoms with van der Waals surface area (Å²) in [5, 5.41) is 7.24. The van der Waals surface area contributed by atoms with Crippen molar-refractivity contribution in [2.45, 2.75) is 93.4 Å². The maximum Gasteiger partial charge on any atom is 0.154 e. The number of nitrogens with zero attached hydrogens (tertiary/aromatic N) is 2. The van der Waals surface area contributed by atoms with Gasteiger partial charge in [0, 0.05) is 35.6 Å². The Bertz CT molecular complexity index is 406. The van der Waals surface area contributed by atoms with Gasteiger partial charge >= 0.3 is 0 Å². The Kier molecular flexibility index (Phi) is 6.21. The Labute approximate surface area is 137 Å². The summed E-state index contributed by atoms with van der Waals surface area (Å²) in [5.74, 6) is 2.38. The third-order valence-corrected chi connectivity index (χ3v) is 3.83. The zero-order valence-electron chi connectivity index (χ0n) is 16.2. The normalized spacial score (nSPS) is 16.0. The SMILES string of the molecule is CC1=C(C)N(C(C)C)C(=C(NC(C)C)NC(C)C)N1C(C)C. The summed E-state index contributed by atoms with van der Waals surface area (Å²) >= 11 is 0. The van der Waals surface area contributed by atoms with E-state index in [9.17, 15) is 0 Å². The molecule has 0 saturated heterocycles. The molecule has 22 heavy (non-hydrogen) atoms. The lowest BCUT2D eigenvalue weighted by Gasteiger charge is -2.35. The first-order chi connectivity index (χ1) is 10.1. The molecule has 0 fully saturated rings. The third kappa shape index (κ3) is 3.90. The van der Waals surface area contributed by atoms with Crippen LogP contribution in [0.4, 0.5) is 0 Å². The number of rotatable bonds is 6. The van der Waals surface area contributed by atoms with Gasteiger partial charge in [0.1, 0.15) is 5.82 Å². The molecule has 0 atom stereocenters.